The van der Waals surface area contributed by atoms with Crippen LogP contribution in [0.2, 0.25) is 0 Å². The van der Waals surface area contributed by atoms with Gasteiger partial charge in [0.25, 0.3) is 5.91 Å². The van der Waals surface area contributed by atoms with E-state index in [1.54, 1.807) is 11.0 Å². The van der Waals surface area contributed by atoms with Crippen LogP contribution in [-0.4, -0.2) is 63.7 Å². The first kappa shape index (κ1) is 15.1. The molecule has 1 aromatic rings. The van der Waals surface area contributed by atoms with Crippen LogP contribution in [0.25, 0.3) is 0 Å². The number of aromatic nitrogens is 1. The topological polar surface area (TPSA) is 96.0 Å². The Kier molecular flexibility index (Phi) is 3.66. The summed E-state index contributed by atoms with van der Waals surface area (Å²) in [7, 11) is 0. The van der Waals surface area contributed by atoms with Crippen molar-refractivity contribution in [1.29, 1.82) is 0 Å². The number of aliphatic hydroxyl groups excluding tert-OH is 2. The SMILES string of the molecule is O=C(c1cc(C2CC2)no1)N1CCC2(CC1)OCC[C@H](O)[C@@H]2O. The normalized spacial score (nSPS) is 30.6. The summed E-state index contributed by atoms with van der Waals surface area (Å²) in [6.45, 7) is 1.39. The highest BCUT2D eigenvalue weighted by atomic mass is 16.5. The van der Waals surface area contributed by atoms with E-state index >= 15 is 0 Å². The second-order valence-corrected chi connectivity index (χ2v) is 6.90. The molecule has 0 unspecified atom stereocenters. The first-order valence-corrected chi connectivity index (χ1v) is 8.35. The maximum Gasteiger partial charge on any atom is 0.292 e. The Morgan fingerprint density at radius 1 is 1.26 bits per heavy atom. The Labute approximate surface area is 134 Å². The van der Waals surface area contributed by atoms with E-state index in [1.165, 1.54) is 0 Å². The minimum Gasteiger partial charge on any atom is -0.390 e. The lowest BCUT2D eigenvalue weighted by Gasteiger charge is -2.48. The van der Waals surface area contributed by atoms with Gasteiger partial charge in [0.2, 0.25) is 5.76 Å². The molecule has 0 radical (unpaired) electrons. The van der Waals surface area contributed by atoms with Gasteiger partial charge in [-0.05, 0) is 32.1 Å². The molecule has 1 aliphatic carbocycles. The number of hydrogen-bond donors (Lipinski definition) is 2. The summed E-state index contributed by atoms with van der Waals surface area (Å²) in [5.41, 5.74) is 0.144. The van der Waals surface area contributed by atoms with Crippen molar-refractivity contribution in [3.05, 3.63) is 17.5 Å². The fourth-order valence-electron chi connectivity index (χ4n) is 3.62. The van der Waals surface area contributed by atoms with Crippen LogP contribution in [0.15, 0.2) is 10.6 Å². The molecule has 7 heteroatoms. The van der Waals surface area contributed by atoms with E-state index in [4.69, 9.17) is 9.26 Å². The van der Waals surface area contributed by atoms with Crippen molar-refractivity contribution < 1.29 is 24.3 Å². The van der Waals surface area contributed by atoms with E-state index in [9.17, 15) is 15.0 Å². The van der Waals surface area contributed by atoms with Gasteiger partial charge >= 0.3 is 0 Å². The van der Waals surface area contributed by atoms with Crippen molar-refractivity contribution >= 4 is 5.91 Å². The molecule has 1 amide bonds. The van der Waals surface area contributed by atoms with Gasteiger partial charge in [-0.15, -0.1) is 0 Å². The van der Waals surface area contributed by atoms with Gasteiger partial charge in [0, 0.05) is 25.1 Å². The maximum absolute atomic E-state index is 12.5. The van der Waals surface area contributed by atoms with Crippen LogP contribution in [0.3, 0.4) is 0 Å². The van der Waals surface area contributed by atoms with Gasteiger partial charge in [-0.25, -0.2) is 0 Å². The van der Waals surface area contributed by atoms with E-state index in [2.05, 4.69) is 5.16 Å². The number of nitrogens with zero attached hydrogens (tertiary/aromatic N) is 2. The van der Waals surface area contributed by atoms with Crippen molar-refractivity contribution in [3.8, 4) is 0 Å². The zero-order valence-electron chi connectivity index (χ0n) is 13.0. The average Bonchev–Trinajstić information content (AvgIpc) is 3.30. The van der Waals surface area contributed by atoms with Crippen molar-refractivity contribution in [2.45, 2.75) is 55.8 Å². The van der Waals surface area contributed by atoms with Gasteiger partial charge in [-0.3, -0.25) is 4.79 Å². The molecule has 1 aromatic heterocycles. The molecule has 23 heavy (non-hydrogen) atoms. The molecule has 7 nitrogen and oxygen atoms in total. The standard InChI is InChI=1S/C16H22N2O5/c19-12-3-8-22-16(14(12)20)4-6-18(7-5-16)15(21)13-9-11(17-23-13)10-1-2-10/h9-10,12,14,19-20H,1-8H2/t12-,14-/m0/s1. The van der Waals surface area contributed by atoms with Crippen LogP contribution in [0, 0.1) is 0 Å². The smallest absolute Gasteiger partial charge is 0.292 e. The lowest BCUT2D eigenvalue weighted by Crippen LogP contribution is -2.60. The zero-order chi connectivity index (χ0) is 16.0. The molecule has 0 aromatic carbocycles. The fraction of sp³-hybridized carbons (Fsp3) is 0.750. The average molecular weight is 322 g/mol. The first-order chi connectivity index (χ1) is 11.1. The number of ether oxygens (including phenoxy) is 1. The van der Waals surface area contributed by atoms with Crippen LogP contribution in [0.4, 0.5) is 0 Å². The molecule has 3 heterocycles. The second kappa shape index (κ2) is 5.58. The molecule has 3 aliphatic rings. The van der Waals surface area contributed by atoms with E-state index in [1.807, 2.05) is 0 Å². The number of hydrogen-bond acceptors (Lipinski definition) is 6. The number of likely N-dealkylation sites (tertiary alicyclic amines) is 1. The summed E-state index contributed by atoms with van der Waals surface area (Å²) in [5, 5.41) is 24.1. The lowest BCUT2D eigenvalue weighted by atomic mass is 9.80. The quantitative estimate of drug-likeness (QED) is 0.831. The van der Waals surface area contributed by atoms with E-state index < -0.39 is 17.8 Å². The minimum atomic E-state index is -0.889. The van der Waals surface area contributed by atoms with Gasteiger partial charge in [-0.1, -0.05) is 5.16 Å². The van der Waals surface area contributed by atoms with Crippen LogP contribution < -0.4 is 0 Å². The lowest BCUT2D eigenvalue weighted by molar-refractivity contribution is -0.212. The Bertz CT molecular complexity index is 589. The number of piperidine rings is 1. The van der Waals surface area contributed by atoms with Crippen molar-refractivity contribution in [2.75, 3.05) is 19.7 Å². The van der Waals surface area contributed by atoms with Gasteiger partial charge in [-0.2, -0.15) is 0 Å². The highest BCUT2D eigenvalue weighted by Crippen LogP contribution is 2.40. The molecule has 3 fully saturated rings. The van der Waals surface area contributed by atoms with Gasteiger partial charge in [0.1, 0.15) is 6.10 Å². The number of carbonyl (C=O) groups excluding carboxylic acids is 1. The molecule has 4 rings (SSSR count). The van der Waals surface area contributed by atoms with Gasteiger partial charge in [0.05, 0.1) is 24.0 Å². The monoisotopic (exact) mass is 322 g/mol. The highest BCUT2D eigenvalue weighted by molar-refractivity contribution is 5.91. The van der Waals surface area contributed by atoms with Crippen LogP contribution in [-0.2, 0) is 4.74 Å². The van der Waals surface area contributed by atoms with Crippen molar-refractivity contribution in [1.82, 2.24) is 10.1 Å². The van der Waals surface area contributed by atoms with E-state index in [0.29, 0.717) is 44.9 Å². The molecule has 2 aliphatic heterocycles. The minimum absolute atomic E-state index is 0.162. The number of carbonyl (C=O) groups is 1. The zero-order valence-corrected chi connectivity index (χ0v) is 13.0. The van der Waals surface area contributed by atoms with Crippen LogP contribution in [0.5, 0.6) is 0 Å². The summed E-state index contributed by atoms with van der Waals surface area (Å²) in [5.74, 6) is 0.579. The summed E-state index contributed by atoms with van der Waals surface area (Å²) in [6.07, 6.45) is 2.07. The summed E-state index contributed by atoms with van der Waals surface area (Å²) in [6, 6.07) is 1.75. The Balaban J connectivity index is 1.41. The van der Waals surface area contributed by atoms with Crippen molar-refractivity contribution in [3.63, 3.8) is 0 Å². The summed E-state index contributed by atoms with van der Waals surface area (Å²) >= 11 is 0. The molecular formula is C16H22N2O5. The number of rotatable bonds is 2. The Morgan fingerprint density at radius 3 is 2.70 bits per heavy atom. The third-order valence-corrected chi connectivity index (χ3v) is 5.34. The van der Waals surface area contributed by atoms with Crippen LogP contribution >= 0.6 is 0 Å². The molecule has 2 saturated heterocycles. The molecule has 126 valence electrons. The third kappa shape index (κ3) is 2.66. The predicted molar refractivity (Wildman–Crippen MR) is 78.9 cm³/mol. The fourth-order valence-corrected chi connectivity index (χ4v) is 3.62. The second-order valence-electron chi connectivity index (χ2n) is 6.90. The van der Waals surface area contributed by atoms with Crippen molar-refractivity contribution in [2.24, 2.45) is 0 Å². The van der Waals surface area contributed by atoms with E-state index in [0.717, 1.165) is 18.5 Å². The summed E-state index contributed by atoms with van der Waals surface area (Å²) in [4.78, 5) is 14.2. The molecule has 1 spiro atoms. The van der Waals surface area contributed by atoms with Crippen LogP contribution in [0.1, 0.15) is 54.3 Å². The highest BCUT2D eigenvalue weighted by Gasteiger charge is 2.48. The molecule has 0 bridgehead atoms. The molecular weight excluding hydrogens is 300 g/mol. The third-order valence-electron chi connectivity index (χ3n) is 5.34. The van der Waals surface area contributed by atoms with Gasteiger partial charge < -0.3 is 24.4 Å². The molecule has 2 N–H and O–H groups in total. The van der Waals surface area contributed by atoms with Gasteiger partial charge in [0.15, 0.2) is 0 Å². The Morgan fingerprint density at radius 2 is 2.00 bits per heavy atom. The molecule has 1 saturated carbocycles. The summed E-state index contributed by atoms with van der Waals surface area (Å²) < 4.78 is 11.0. The number of aliphatic hydroxyl groups is 2. The first-order valence-electron chi connectivity index (χ1n) is 8.35. The maximum atomic E-state index is 12.5. The largest absolute Gasteiger partial charge is 0.390 e. The molecule has 2 atom stereocenters. The predicted octanol–water partition coefficient (Wildman–Crippen LogP) is 0.669. The number of amides is 1. The van der Waals surface area contributed by atoms with E-state index in [-0.39, 0.29) is 11.7 Å². The Hall–Kier alpha value is -1.44.